The number of phenolic OH excluding ortho intramolecular Hbond substituents is 1. The number of ether oxygens (including phenoxy) is 2. The minimum Gasteiger partial charge on any atom is -0.504 e. The molecule has 2 spiro atoms. The van der Waals surface area contributed by atoms with Gasteiger partial charge >= 0.3 is 0 Å². The van der Waals surface area contributed by atoms with Gasteiger partial charge in [0.1, 0.15) is 11.7 Å². The van der Waals surface area contributed by atoms with Crippen LogP contribution in [0.1, 0.15) is 57.1 Å². The Morgan fingerprint density at radius 3 is 2.97 bits per heavy atom. The first kappa shape index (κ1) is 21.7. The molecule has 4 bridgehead atoms. The summed E-state index contributed by atoms with van der Waals surface area (Å²) >= 11 is 0. The summed E-state index contributed by atoms with van der Waals surface area (Å²) in [5, 5.41) is 17.8. The van der Waals surface area contributed by atoms with Crippen molar-refractivity contribution in [3.63, 3.8) is 0 Å². The molecule has 0 radical (unpaired) electrons. The fraction of sp³-hybridized carbons (Fsp3) is 0.731. The van der Waals surface area contributed by atoms with Crippen LogP contribution in [0.4, 0.5) is 0 Å². The van der Waals surface area contributed by atoms with Gasteiger partial charge in [-0.05, 0) is 56.2 Å². The van der Waals surface area contributed by atoms with Gasteiger partial charge in [0.2, 0.25) is 5.91 Å². The maximum Gasteiger partial charge on any atom is 0.237 e. The van der Waals surface area contributed by atoms with Crippen LogP contribution in [0.25, 0.3) is 0 Å². The zero-order valence-corrected chi connectivity index (χ0v) is 19.9. The molecule has 7 nitrogen and oxygen atoms in total. The van der Waals surface area contributed by atoms with Crippen LogP contribution in [0.15, 0.2) is 12.1 Å². The number of nitrogens with two attached hydrogens (primary N) is 1. The average molecular weight is 456 g/mol. The van der Waals surface area contributed by atoms with E-state index in [1.807, 2.05) is 6.92 Å². The molecule has 6 aliphatic rings. The molecule has 3 saturated carbocycles. The zero-order chi connectivity index (χ0) is 23.2. The van der Waals surface area contributed by atoms with E-state index in [2.05, 4.69) is 23.6 Å². The highest BCUT2D eigenvalue weighted by Gasteiger charge is 2.79. The molecule has 4 aliphatic carbocycles. The third-order valence-electron chi connectivity index (χ3n) is 10.4. The van der Waals surface area contributed by atoms with Crippen molar-refractivity contribution in [3.8, 4) is 11.5 Å². The Morgan fingerprint density at radius 1 is 1.39 bits per heavy atom. The first-order valence-corrected chi connectivity index (χ1v) is 12.7. The summed E-state index contributed by atoms with van der Waals surface area (Å²) in [6.45, 7) is 5.57. The standard InChI is InChI=1S/C26H37N3O4/c1-4-14(2)20(27)22(31)29-13-16-12-24-7-8-26(16,32-3)23-25(24)9-10-28-18(24)11-15-5-6-17(30)21(33-23)19(15)25/h5-6,14,16,18,20,23,28,30H,4,7-13,27H2,1-3H3,(H,29,31)/t14-,16+,18+,20-,23+,24+,25-,26+/m0/s1. The number of carbonyl (C=O) groups excluding carboxylic acids is 1. The van der Waals surface area contributed by atoms with Crippen molar-refractivity contribution >= 4 is 5.91 Å². The normalized spacial score (nSPS) is 41.2. The number of phenols is 1. The minimum absolute atomic E-state index is 0.0382. The first-order valence-electron chi connectivity index (χ1n) is 12.7. The highest BCUT2D eigenvalue weighted by atomic mass is 16.6. The molecule has 7 heteroatoms. The molecule has 33 heavy (non-hydrogen) atoms. The maximum absolute atomic E-state index is 12.8. The quantitative estimate of drug-likeness (QED) is 0.523. The van der Waals surface area contributed by atoms with E-state index >= 15 is 0 Å². The summed E-state index contributed by atoms with van der Waals surface area (Å²) in [7, 11) is 1.79. The van der Waals surface area contributed by atoms with Crippen molar-refractivity contribution in [2.75, 3.05) is 20.2 Å². The van der Waals surface area contributed by atoms with Gasteiger partial charge in [-0.2, -0.15) is 0 Å². The number of piperidine rings is 1. The lowest BCUT2D eigenvalue weighted by Gasteiger charge is -2.72. The van der Waals surface area contributed by atoms with E-state index in [1.54, 1.807) is 13.2 Å². The van der Waals surface area contributed by atoms with Crippen molar-refractivity contribution in [2.45, 2.75) is 81.6 Å². The van der Waals surface area contributed by atoms with Gasteiger partial charge in [-0.1, -0.05) is 26.3 Å². The number of hydrogen-bond acceptors (Lipinski definition) is 6. The molecule has 8 atom stereocenters. The molecule has 4 fully saturated rings. The van der Waals surface area contributed by atoms with Crippen LogP contribution in [-0.4, -0.2) is 55.0 Å². The van der Waals surface area contributed by atoms with Crippen LogP contribution in [0.2, 0.25) is 0 Å². The number of methoxy groups -OCH3 is 1. The average Bonchev–Trinajstić information content (AvgIpc) is 3.19. The fourth-order valence-electron chi connectivity index (χ4n) is 8.59. The van der Waals surface area contributed by atoms with E-state index in [4.69, 9.17) is 15.2 Å². The van der Waals surface area contributed by atoms with E-state index in [0.717, 1.165) is 45.1 Å². The van der Waals surface area contributed by atoms with Crippen molar-refractivity contribution < 1.29 is 19.4 Å². The molecule has 1 aromatic carbocycles. The van der Waals surface area contributed by atoms with Gasteiger partial charge in [0.05, 0.1) is 6.04 Å². The van der Waals surface area contributed by atoms with Crippen molar-refractivity contribution in [1.29, 1.82) is 0 Å². The Bertz CT molecular complexity index is 1000. The van der Waals surface area contributed by atoms with Crippen LogP contribution >= 0.6 is 0 Å². The summed E-state index contributed by atoms with van der Waals surface area (Å²) in [6, 6.07) is 3.74. The molecule has 2 aliphatic heterocycles. The van der Waals surface area contributed by atoms with Crippen LogP contribution < -0.4 is 21.1 Å². The van der Waals surface area contributed by atoms with Crippen LogP contribution in [0, 0.1) is 17.3 Å². The molecule has 1 aromatic rings. The number of hydrogen-bond donors (Lipinski definition) is 4. The Balaban J connectivity index is 1.41. The molecule has 1 amide bonds. The summed E-state index contributed by atoms with van der Waals surface area (Å²) in [5.41, 5.74) is 8.15. The predicted octanol–water partition coefficient (Wildman–Crippen LogP) is 1.98. The summed E-state index contributed by atoms with van der Waals surface area (Å²) in [5.74, 6) is 1.10. The van der Waals surface area contributed by atoms with E-state index in [9.17, 15) is 9.90 Å². The number of rotatable bonds is 6. The van der Waals surface area contributed by atoms with Crippen molar-refractivity contribution in [2.24, 2.45) is 23.0 Å². The third-order valence-corrected chi connectivity index (χ3v) is 10.4. The Morgan fingerprint density at radius 2 is 2.21 bits per heavy atom. The number of amides is 1. The largest absolute Gasteiger partial charge is 0.504 e. The van der Waals surface area contributed by atoms with Crippen LogP contribution in [0.5, 0.6) is 11.5 Å². The van der Waals surface area contributed by atoms with Gasteiger partial charge in [0.15, 0.2) is 11.5 Å². The second-order valence-electron chi connectivity index (χ2n) is 11.3. The van der Waals surface area contributed by atoms with Gasteiger partial charge in [-0.25, -0.2) is 0 Å². The molecule has 5 N–H and O–H groups in total. The molecular weight excluding hydrogens is 418 g/mol. The molecule has 0 unspecified atom stereocenters. The predicted molar refractivity (Wildman–Crippen MR) is 124 cm³/mol. The van der Waals surface area contributed by atoms with Crippen molar-refractivity contribution in [1.82, 2.24) is 10.6 Å². The lowest BCUT2D eigenvalue weighted by atomic mass is 9.35. The Labute approximate surface area is 195 Å². The number of fused-ring (bicyclic) bond motifs is 2. The number of carbonyl (C=O) groups is 1. The molecule has 2 heterocycles. The second kappa shape index (κ2) is 7.09. The van der Waals surface area contributed by atoms with E-state index in [-0.39, 0.29) is 40.4 Å². The lowest BCUT2D eigenvalue weighted by molar-refractivity contribution is -0.262. The van der Waals surface area contributed by atoms with Gasteiger partial charge in [0, 0.05) is 42.0 Å². The Kier molecular flexibility index (Phi) is 4.66. The SMILES string of the molecule is CC[C@H](C)[C@H](N)C(=O)NC[C@H]1C[C@@]23CC[C@]1(OC)[C@@H]1Oc4c(O)ccc5c4[C@@]12CCN[C@@H]3C5. The first-order chi connectivity index (χ1) is 15.8. The van der Waals surface area contributed by atoms with Crippen molar-refractivity contribution in [3.05, 3.63) is 23.3 Å². The van der Waals surface area contributed by atoms with Gasteiger partial charge < -0.3 is 30.9 Å². The van der Waals surface area contributed by atoms with Gasteiger partial charge in [-0.15, -0.1) is 0 Å². The molecule has 0 aromatic heterocycles. The smallest absolute Gasteiger partial charge is 0.237 e. The number of benzene rings is 1. The number of nitrogens with one attached hydrogen (secondary N) is 2. The van der Waals surface area contributed by atoms with Crippen LogP contribution in [0.3, 0.4) is 0 Å². The third kappa shape index (κ3) is 2.43. The molecule has 7 rings (SSSR count). The van der Waals surface area contributed by atoms with E-state index < -0.39 is 11.6 Å². The topological polar surface area (TPSA) is 106 Å². The summed E-state index contributed by atoms with van der Waals surface area (Å²) < 4.78 is 13.1. The highest BCUT2D eigenvalue weighted by molar-refractivity contribution is 5.81. The van der Waals surface area contributed by atoms with Gasteiger partial charge in [0.25, 0.3) is 0 Å². The lowest BCUT2D eigenvalue weighted by Crippen LogP contribution is -2.81. The van der Waals surface area contributed by atoms with Crippen LogP contribution in [-0.2, 0) is 21.4 Å². The summed E-state index contributed by atoms with van der Waals surface area (Å²) in [4.78, 5) is 12.8. The fourth-order valence-corrected chi connectivity index (χ4v) is 8.59. The molecule has 1 saturated heterocycles. The number of aromatic hydroxyl groups is 1. The zero-order valence-electron chi connectivity index (χ0n) is 19.9. The minimum atomic E-state index is -0.503. The van der Waals surface area contributed by atoms with E-state index in [1.165, 1.54) is 11.1 Å². The highest BCUT2D eigenvalue weighted by Crippen LogP contribution is 2.75. The second-order valence-corrected chi connectivity index (χ2v) is 11.3. The van der Waals surface area contributed by atoms with E-state index in [0.29, 0.717) is 18.3 Å². The molecule has 180 valence electrons. The Hall–Kier alpha value is -1.83. The summed E-state index contributed by atoms with van der Waals surface area (Å²) in [6.07, 6.45) is 5.61. The van der Waals surface area contributed by atoms with Gasteiger partial charge in [-0.3, -0.25) is 4.79 Å². The molecular formula is C26H37N3O4. The maximum atomic E-state index is 12.8. The monoisotopic (exact) mass is 455 g/mol.